The largest absolute Gasteiger partial charge is 0.494 e. The molecular weight excluding hydrogens is 477 g/mol. The molecule has 0 spiro atoms. The van der Waals surface area contributed by atoms with Gasteiger partial charge in [-0.1, -0.05) is 0 Å². The molecule has 1 atom stereocenters. The van der Waals surface area contributed by atoms with Crippen LogP contribution in [-0.4, -0.2) is 48.4 Å². The zero-order valence-electron chi connectivity index (χ0n) is 21.3. The Morgan fingerprint density at radius 1 is 1.05 bits per heavy atom. The quantitative estimate of drug-likeness (QED) is 0.337. The van der Waals surface area contributed by atoms with Crippen LogP contribution >= 0.6 is 0 Å². The number of aliphatic hydroxyl groups is 2. The van der Waals surface area contributed by atoms with Crippen molar-refractivity contribution in [3.05, 3.63) is 71.2 Å². The zero-order valence-corrected chi connectivity index (χ0v) is 21.3. The topological polar surface area (TPSA) is 98.1 Å². The van der Waals surface area contributed by atoms with Crippen LogP contribution in [0.2, 0.25) is 0 Å². The van der Waals surface area contributed by atoms with Crippen molar-refractivity contribution in [1.29, 1.82) is 0 Å². The Hall–Kier alpha value is -3.49. The summed E-state index contributed by atoms with van der Waals surface area (Å²) in [5.74, 6) is 0.888. The van der Waals surface area contributed by atoms with Crippen LogP contribution in [0.15, 0.2) is 48.5 Å². The Bertz CT molecular complexity index is 1280. The molecule has 2 aromatic carbocycles. The highest BCUT2D eigenvalue weighted by molar-refractivity contribution is 5.96. The molecule has 0 saturated heterocycles. The van der Waals surface area contributed by atoms with Crippen LogP contribution in [0.1, 0.15) is 47.3 Å². The normalized spacial score (nSPS) is 14.6. The number of carbonyl (C=O) groups is 1. The van der Waals surface area contributed by atoms with Gasteiger partial charge in [-0.2, -0.15) is 0 Å². The van der Waals surface area contributed by atoms with E-state index in [0.717, 1.165) is 12.8 Å². The van der Waals surface area contributed by atoms with Gasteiger partial charge in [0.1, 0.15) is 29.5 Å². The lowest BCUT2D eigenvalue weighted by molar-refractivity contribution is -0.00110. The molecule has 1 aliphatic carbocycles. The Labute approximate surface area is 215 Å². The maximum absolute atomic E-state index is 13.9. The van der Waals surface area contributed by atoms with Crippen molar-refractivity contribution >= 4 is 5.78 Å². The molecule has 196 valence electrons. The molecule has 1 aliphatic rings. The molecule has 1 fully saturated rings. The van der Waals surface area contributed by atoms with Crippen LogP contribution in [0.3, 0.4) is 0 Å². The maximum Gasteiger partial charge on any atom is 0.163 e. The van der Waals surface area contributed by atoms with Crippen molar-refractivity contribution in [2.24, 2.45) is 5.92 Å². The van der Waals surface area contributed by atoms with E-state index < -0.39 is 5.60 Å². The van der Waals surface area contributed by atoms with E-state index >= 15 is 0 Å². The van der Waals surface area contributed by atoms with E-state index in [2.05, 4.69) is 0 Å². The number of rotatable bonds is 12. The van der Waals surface area contributed by atoms with Gasteiger partial charge in [-0.05, 0) is 86.2 Å². The van der Waals surface area contributed by atoms with Crippen molar-refractivity contribution < 1.29 is 33.6 Å². The molecule has 0 unspecified atom stereocenters. The van der Waals surface area contributed by atoms with E-state index in [9.17, 15) is 14.3 Å². The van der Waals surface area contributed by atoms with Crippen LogP contribution in [0.25, 0.3) is 11.3 Å². The lowest BCUT2D eigenvalue weighted by Crippen LogP contribution is -2.30. The van der Waals surface area contributed by atoms with Crippen LogP contribution in [-0.2, 0) is 5.60 Å². The van der Waals surface area contributed by atoms with E-state index in [1.54, 1.807) is 49.4 Å². The minimum atomic E-state index is -1.29. The van der Waals surface area contributed by atoms with E-state index in [0.29, 0.717) is 45.3 Å². The van der Waals surface area contributed by atoms with Gasteiger partial charge < -0.3 is 24.4 Å². The minimum Gasteiger partial charge on any atom is -0.494 e. The molecular formula is C29H32FNO6. The second-order valence-corrected chi connectivity index (χ2v) is 9.27. The summed E-state index contributed by atoms with van der Waals surface area (Å²) < 4.78 is 30.1. The van der Waals surface area contributed by atoms with Gasteiger partial charge in [0.15, 0.2) is 17.3 Å². The highest BCUT2D eigenvalue weighted by Crippen LogP contribution is 2.49. The Balaban J connectivity index is 1.59. The summed E-state index contributed by atoms with van der Waals surface area (Å²) >= 11 is 0. The lowest BCUT2D eigenvalue weighted by atomic mass is 9.86. The summed E-state index contributed by atoms with van der Waals surface area (Å²) in [6, 6.07) is 13.1. The molecule has 0 amide bonds. The fourth-order valence-electron chi connectivity index (χ4n) is 4.52. The first-order valence-corrected chi connectivity index (χ1v) is 12.3. The second kappa shape index (κ2) is 11.3. The first-order chi connectivity index (χ1) is 17.8. The zero-order chi connectivity index (χ0) is 26.6. The number of halogens is 1. The third-order valence-corrected chi connectivity index (χ3v) is 6.77. The number of methoxy groups -OCH3 is 2. The summed E-state index contributed by atoms with van der Waals surface area (Å²) in [7, 11) is 3.02. The number of Topliss-reactive ketones (excluding diaryl/α,β-unsaturated/α-hetero) is 1. The number of hydrogen-bond donors (Lipinski definition) is 2. The van der Waals surface area contributed by atoms with Crippen LogP contribution < -0.4 is 14.2 Å². The van der Waals surface area contributed by atoms with Gasteiger partial charge in [0.05, 0.1) is 26.5 Å². The van der Waals surface area contributed by atoms with Gasteiger partial charge in [0, 0.05) is 17.5 Å². The lowest BCUT2D eigenvalue weighted by Gasteiger charge is -2.28. The van der Waals surface area contributed by atoms with Gasteiger partial charge in [-0.3, -0.25) is 4.79 Å². The number of aromatic nitrogens is 1. The first kappa shape index (κ1) is 26.6. The number of nitrogens with zero attached hydrogens (tertiary/aromatic N) is 1. The number of benzene rings is 2. The van der Waals surface area contributed by atoms with Crippen molar-refractivity contribution in [2.45, 2.75) is 38.2 Å². The maximum atomic E-state index is 13.9. The van der Waals surface area contributed by atoms with E-state index in [-0.39, 0.29) is 43.6 Å². The molecule has 0 aliphatic heterocycles. The molecule has 1 aromatic heterocycles. The van der Waals surface area contributed by atoms with Crippen molar-refractivity contribution in [2.75, 3.05) is 27.4 Å². The Morgan fingerprint density at radius 3 is 2.43 bits per heavy atom. The number of carbonyl (C=O) groups excluding carboxylic acids is 1. The molecule has 4 rings (SSSR count). The number of aliphatic hydroxyl groups excluding tert-OH is 1. The number of pyridine rings is 1. The highest BCUT2D eigenvalue weighted by Gasteiger charge is 2.46. The average molecular weight is 510 g/mol. The van der Waals surface area contributed by atoms with Crippen molar-refractivity contribution in [3.8, 4) is 28.5 Å². The molecule has 8 heteroatoms. The Kier molecular flexibility index (Phi) is 8.10. The van der Waals surface area contributed by atoms with Crippen LogP contribution in [0.5, 0.6) is 17.2 Å². The highest BCUT2D eigenvalue weighted by atomic mass is 19.1. The fourth-order valence-corrected chi connectivity index (χ4v) is 4.52. The van der Waals surface area contributed by atoms with Crippen molar-refractivity contribution in [1.82, 2.24) is 4.98 Å². The third-order valence-electron chi connectivity index (χ3n) is 6.77. The van der Waals surface area contributed by atoms with Gasteiger partial charge in [0.2, 0.25) is 0 Å². The van der Waals surface area contributed by atoms with Gasteiger partial charge in [-0.25, -0.2) is 9.37 Å². The second-order valence-electron chi connectivity index (χ2n) is 9.27. The number of aryl methyl sites for hydroxylation is 1. The van der Waals surface area contributed by atoms with E-state index in [4.69, 9.17) is 24.3 Å². The molecule has 37 heavy (non-hydrogen) atoms. The number of ketones is 1. The predicted molar refractivity (Wildman–Crippen MR) is 137 cm³/mol. The smallest absolute Gasteiger partial charge is 0.163 e. The van der Waals surface area contributed by atoms with Gasteiger partial charge in [0.25, 0.3) is 0 Å². The summed E-state index contributed by atoms with van der Waals surface area (Å²) in [6.45, 7) is 1.67. The Morgan fingerprint density at radius 2 is 1.78 bits per heavy atom. The summed E-state index contributed by atoms with van der Waals surface area (Å²) in [4.78, 5) is 17.9. The molecule has 2 N–H and O–H groups in total. The molecule has 0 radical (unpaired) electrons. The molecule has 1 heterocycles. The molecule has 7 nitrogen and oxygen atoms in total. The monoisotopic (exact) mass is 509 g/mol. The first-order valence-electron chi connectivity index (χ1n) is 12.3. The number of ether oxygens (including phenoxy) is 3. The van der Waals surface area contributed by atoms with Gasteiger partial charge >= 0.3 is 0 Å². The molecule has 1 saturated carbocycles. The SMILES string of the molecule is COc1cc(C(=O)CC[C@@](O)(c2ccc(OC)c(-c3ccc(F)c(C)c3)n2)C2CC2)ccc1OCCO. The fraction of sp³-hybridized carbons (Fsp3) is 0.379. The summed E-state index contributed by atoms with van der Waals surface area (Å²) in [5, 5.41) is 20.8. The van der Waals surface area contributed by atoms with Crippen LogP contribution in [0, 0.1) is 18.7 Å². The molecule has 3 aromatic rings. The minimum absolute atomic E-state index is 0.00667. The van der Waals surface area contributed by atoms with Crippen LogP contribution in [0.4, 0.5) is 4.39 Å². The average Bonchev–Trinajstić information content (AvgIpc) is 3.77. The van der Waals surface area contributed by atoms with E-state index in [1.165, 1.54) is 20.3 Å². The van der Waals surface area contributed by atoms with Gasteiger partial charge in [-0.15, -0.1) is 0 Å². The van der Waals surface area contributed by atoms with E-state index in [1.807, 2.05) is 0 Å². The standard InChI is InChI=1S/C29H32FNO6/c1-18-16-20(4-8-22(18)30)28-25(35-2)10-11-27(31-28)29(34,21-6-7-21)13-12-23(33)19-5-9-24(37-15-14-32)26(17-19)36-3/h4-5,8-11,16-17,21,32,34H,6-7,12-15H2,1-3H3/t29-/m0/s1. The summed E-state index contributed by atoms with van der Waals surface area (Å²) in [5.41, 5.74) is 1.29. The number of hydrogen-bond acceptors (Lipinski definition) is 7. The predicted octanol–water partition coefficient (Wildman–Crippen LogP) is 4.85. The summed E-state index contributed by atoms with van der Waals surface area (Å²) in [6.07, 6.45) is 1.98. The molecule has 0 bridgehead atoms. The third kappa shape index (κ3) is 5.76. The van der Waals surface area contributed by atoms with Crippen molar-refractivity contribution in [3.63, 3.8) is 0 Å².